The summed E-state index contributed by atoms with van der Waals surface area (Å²) in [6, 6.07) is 2.09. The Labute approximate surface area is 158 Å². The average molecular weight is 480 g/mol. The summed E-state index contributed by atoms with van der Waals surface area (Å²) >= 11 is 7.16. The molecule has 1 aromatic rings. The molecule has 0 unspecified atom stereocenters. The first-order valence-electron chi connectivity index (χ1n) is 6.62. The van der Waals surface area contributed by atoms with Gasteiger partial charge in [-0.3, -0.25) is 0 Å². The van der Waals surface area contributed by atoms with Crippen molar-refractivity contribution < 1.29 is 36.5 Å². The fourth-order valence-electron chi connectivity index (χ4n) is 1.76. The van der Waals surface area contributed by atoms with Crippen LogP contribution in [0.3, 0.4) is 0 Å². The summed E-state index contributed by atoms with van der Waals surface area (Å²) in [5.74, 6) is 1.25. The number of halogens is 2. The normalized spacial score (nSPS) is 9.79. The van der Waals surface area contributed by atoms with E-state index in [-0.39, 0.29) is 36.5 Å². The molecule has 0 fully saturated rings. The molecule has 0 saturated heterocycles. The van der Waals surface area contributed by atoms with Crippen LogP contribution in [-0.2, 0) is 19.5 Å². The van der Waals surface area contributed by atoms with E-state index in [1.165, 1.54) is 65.8 Å². The number of rotatable bonds is 10. The molecular formula is C14H22Br2S2Zn-. The zero-order valence-corrected chi connectivity index (χ0v) is 19.5. The second-order valence-electron chi connectivity index (χ2n) is 4.33. The monoisotopic (exact) mass is 476 g/mol. The Hall–Kier alpha value is 1.63. The summed E-state index contributed by atoms with van der Waals surface area (Å²) in [6.07, 6.45) is 11.2. The van der Waals surface area contributed by atoms with Crippen LogP contribution >= 0.6 is 39.0 Å². The molecule has 107 valence electrons. The molecule has 0 saturated carbocycles. The summed E-state index contributed by atoms with van der Waals surface area (Å²) in [5.41, 5.74) is 0. The van der Waals surface area contributed by atoms with Crippen LogP contribution in [0.25, 0.3) is 0 Å². The van der Waals surface area contributed by atoms with Crippen LogP contribution in [0.1, 0.15) is 58.3 Å². The first-order valence-corrected chi connectivity index (χ1v) is 9.22. The van der Waals surface area contributed by atoms with Gasteiger partial charge in [-0.25, -0.2) is 0 Å². The van der Waals surface area contributed by atoms with Crippen LogP contribution in [0.4, 0.5) is 0 Å². The van der Waals surface area contributed by atoms with Crippen molar-refractivity contribution in [2.75, 3.05) is 5.75 Å². The Balaban J connectivity index is 0. The van der Waals surface area contributed by atoms with E-state index in [1.807, 2.05) is 11.8 Å². The molecule has 5 heteroatoms. The van der Waals surface area contributed by atoms with Gasteiger partial charge in [0.15, 0.2) is 0 Å². The van der Waals surface area contributed by atoms with Crippen LogP contribution in [0.2, 0.25) is 0 Å². The Kier molecular flexibility index (Phi) is 19.3. The first kappa shape index (κ1) is 22.9. The summed E-state index contributed by atoms with van der Waals surface area (Å²) in [6.45, 7) is 2.28. The molecule has 0 aromatic carbocycles. The molecule has 0 atom stereocenters. The Morgan fingerprint density at radius 2 is 1.68 bits per heavy atom. The number of unbranched alkanes of at least 4 members (excludes halogenated alkanes) is 7. The molecule has 1 rings (SSSR count). The number of thiophene rings is 1. The molecule has 1 aromatic heterocycles. The van der Waals surface area contributed by atoms with E-state index < -0.39 is 0 Å². The number of thioether (sulfide) groups is 1. The zero-order chi connectivity index (χ0) is 12.3. The first-order chi connectivity index (χ1) is 8.34. The minimum atomic E-state index is 0. The van der Waals surface area contributed by atoms with E-state index in [2.05, 4.69) is 34.3 Å². The molecule has 1 heterocycles. The second kappa shape index (κ2) is 16.0. The predicted octanol–water partition coefficient (Wildman–Crippen LogP) is 3.55. The number of hydrogen-bond donors (Lipinski definition) is 0. The minimum Gasteiger partial charge on any atom is -1.00 e. The van der Waals surface area contributed by atoms with Crippen molar-refractivity contribution in [1.29, 1.82) is 0 Å². The quantitative estimate of drug-likeness (QED) is 0.281. The maximum absolute atomic E-state index is 3.55. The van der Waals surface area contributed by atoms with Gasteiger partial charge < -0.3 is 17.0 Å². The summed E-state index contributed by atoms with van der Waals surface area (Å²) in [7, 11) is 0. The van der Waals surface area contributed by atoms with Gasteiger partial charge in [0.1, 0.15) is 0 Å². The van der Waals surface area contributed by atoms with Crippen molar-refractivity contribution in [1.82, 2.24) is 0 Å². The fraction of sp³-hybridized carbons (Fsp3) is 0.714. The molecule has 0 N–H and O–H groups in total. The van der Waals surface area contributed by atoms with Gasteiger partial charge in [-0.2, -0.15) is 0 Å². The maximum Gasteiger partial charge on any atom is 0.0840 e. The molecule has 0 bridgehead atoms. The van der Waals surface area contributed by atoms with Gasteiger partial charge in [0.2, 0.25) is 0 Å². The molecule has 0 aliphatic carbocycles. The van der Waals surface area contributed by atoms with E-state index in [1.54, 1.807) is 11.3 Å². The zero-order valence-electron chi connectivity index (χ0n) is 11.7. The molecule has 1 radical (unpaired) electrons. The largest absolute Gasteiger partial charge is 1.00 e. The van der Waals surface area contributed by atoms with Crippen LogP contribution in [0.5, 0.6) is 0 Å². The van der Waals surface area contributed by atoms with Gasteiger partial charge in [0.05, 0.1) is 3.79 Å². The molecule has 0 amide bonds. The van der Waals surface area contributed by atoms with E-state index in [0.29, 0.717) is 0 Å². The molecule has 0 nitrogen and oxygen atoms in total. The summed E-state index contributed by atoms with van der Waals surface area (Å²) < 4.78 is 1.24. The van der Waals surface area contributed by atoms with Gasteiger partial charge in [-0.1, -0.05) is 51.9 Å². The van der Waals surface area contributed by atoms with E-state index in [4.69, 9.17) is 0 Å². The Bertz CT molecular complexity index is 293. The van der Waals surface area contributed by atoms with Crippen molar-refractivity contribution in [2.45, 2.75) is 63.2 Å². The SMILES string of the molecule is CCCCCCCCCCSc1c[c]sc1Br.[Br-].[Zn]. The maximum atomic E-state index is 3.55. The van der Waals surface area contributed by atoms with Crippen LogP contribution in [0, 0.1) is 5.38 Å². The van der Waals surface area contributed by atoms with Gasteiger partial charge in [0.25, 0.3) is 0 Å². The van der Waals surface area contributed by atoms with Crippen molar-refractivity contribution in [2.24, 2.45) is 0 Å². The van der Waals surface area contributed by atoms with Crippen molar-refractivity contribution in [3.05, 3.63) is 15.2 Å². The molecule has 0 aliphatic heterocycles. The summed E-state index contributed by atoms with van der Waals surface area (Å²) in [5, 5.41) is 3.15. The Morgan fingerprint density at radius 1 is 1.11 bits per heavy atom. The van der Waals surface area contributed by atoms with Gasteiger partial charge >= 0.3 is 0 Å². The smallest absolute Gasteiger partial charge is 0.0840 e. The third kappa shape index (κ3) is 11.9. The standard InChI is InChI=1S/C14H22BrS2.BrH.Zn/c1-2-3-4-5-6-7-8-9-11-16-13-10-12-17-14(13)15;;/h10H,2-9,11H2,1H3;1H;/p-1. The molecule has 0 aliphatic rings. The number of hydrogen-bond acceptors (Lipinski definition) is 2. The Morgan fingerprint density at radius 3 is 2.21 bits per heavy atom. The van der Waals surface area contributed by atoms with E-state index in [9.17, 15) is 0 Å². The van der Waals surface area contributed by atoms with Gasteiger partial charge in [-0.05, 0) is 34.2 Å². The summed E-state index contributed by atoms with van der Waals surface area (Å²) in [4.78, 5) is 1.36. The van der Waals surface area contributed by atoms with Gasteiger partial charge in [0, 0.05) is 29.8 Å². The second-order valence-corrected chi connectivity index (χ2v) is 7.63. The van der Waals surface area contributed by atoms with Crippen molar-refractivity contribution in [3.63, 3.8) is 0 Å². The third-order valence-corrected chi connectivity index (χ3v) is 5.85. The molecular weight excluding hydrogens is 457 g/mol. The molecule has 0 spiro atoms. The van der Waals surface area contributed by atoms with Crippen molar-refractivity contribution >= 4 is 39.0 Å². The topological polar surface area (TPSA) is 0 Å². The van der Waals surface area contributed by atoms with Crippen LogP contribution in [-0.4, -0.2) is 5.75 Å². The van der Waals surface area contributed by atoms with Gasteiger partial charge in [-0.15, -0.1) is 23.1 Å². The van der Waals surface area contributed by atoms with Crippen molar-refractivity contribution in [3.8, 4) is 0 Å². The average Bonchev–Trinajstić information content (AvgIpc) is 2.73. The predicted molar refractivity (Wildman–Crippen MR) is 84.2 cm³/mol. The fourth-order valence-corrected chi connectivity index (χ4v) is 4.14. The molecule has 19 heavy (non-hydrogen) atoms. The van der Waals surface area contributed by atoms with E-state index >= 15 is 0 Å². The van der Waals surface area contributed by atoms with Crippen LogP contribution < -0.4 is 17.0 Å². The van der Waals surface area contributed by atoms with E-state index in [0.717, 1.165) is 0 Å². The third-order valence-electron chi connectivity index (χ3n) is 2.79. The minimum absolute atomic E-state index is 0. The van der Waals surface area contributed by atoms with Crippen LogP contribution in [0.15, 0.2) is 14.7 Å².